The number of aryl methyl sites for hydroxylation is 1. The SMILES string of the molecule is CN=C(NCCCN1CCCN(C)CC1)NCc1ccc(C)cc1OCC(F)(F)F. The number of nitrogens with one attached hydrogen (secondary N) is 2. The minimum Gasteiger partial charge on any atom is -0.484 e. The average Bonchev–Trinajstić information content (AvgIpc) is 2.90. The van der Waals surface area contributed by atoms with Gasteiger partial charge in [-0.05, 0) is 58.1 Å². The summed E-state index contributed by atoms with van der Waals surface area (Å²) in [7, 11) is 3.84. The number of nitrogens with zero attached hydrogens (tertiary/aromatic N) is 3. The predicted molar refractivity (Wildman–Crippen MR) is 114 cm³/mol. The summed E-state index contributed by atoms with van der Waals surface area (Å²) in [5.41, 5.74) is 1.50. The summed E-state index contributed by atoms with van der Waals surface area (Å²) in [5.74, 6) is 0.856. The maximum atomic E-state index is 12.5. The molecule has 0 bridgehead atoms. The van der Waals surface area contributed by atoms with Crippen LogP contribution in [0.3, 0.4) is 0 Å². The molecule has 0 aromatic heterocycles. The van der Waals surface area contributed by atoms with E-state index in [1.54, 1.807) is 19.2 Å². The lowest BCUT2D eigenvalue weighted by Crippen LogP contribution is -2.38. The van der Waals surface area contributed by atoms with Crippen molar-refractivity contribution in [2.24, 2.45) is 4.99 Å². The summed E-state index contributed by atoms with van der Waals surface area (Å²) in [5, 5.41) is 6.43. The Morgan fingerprint density at radius 2 is 1.97 bits per heavy atom. The molecule has 1 aliphatic heterocycles. The number of hydrogen-bond acceptors (Lipinski definition) is 4. The van der Waals surface area contributed by atoms with Gasteiger partial charge in [0.25, 0.3) is 0 Å². The zero-order valence-corrected chi connectivity index (χ0v) is 18.2. The highest BCUT2D eigenvalue weighted by Crippen LogP contribution is 2.23. The van der Waals surface area contributed by atoms with Gasteiger partial charge in [-0.1, -0.05) is 12.1 Å². The van der Waals surface area contributed by atoms with Crippen LogP contribution in [0.25, 0.3) is 0 Å². The Labute approximate surface area is 177 Å². The van der Waals surface area contributed by atoms with Gasteiger partial charge >= 0.3 is 6.18 Å². The summed E-state index contributed by atoms with van der Waals surface area (Å²) >= 11 is 0. The standard InChI is InChI=1S/C21H34F3N5O/c1-17-6-7-18(19(14-17)30-16-21(22,23)24)15-27-20(25-2)26-8-4-10-29-11-5-9-28(3)12-13-29/h6-7,14H,4-5,8-13,15-16H2,1-3H3,(H2,25,26,27). The summed E-state index contributed by atoms with van der Waals surface area (Å²) in [6, 6.07) is 5.25. The third-order valence-corrected chi connectivity index (χ3v) is 5.04. The van der Waals surface area contributed by atoms with E-state index in [2.05, 4.69) is 32.5 Å². The number of ether oxygens (including phenoxy) is 1. The third kappa shape index (κ3) is 9.21. The van der Waals surface area contributed by atoms with Crippen molar-refractivity contribution in [3.8, 4) is 5.75 Å². The molecule has 1 aliphatic rings. The molecule has 2 N–H and O–H groups in total. The smallest absolute Gasteiger partial charge is 0.422 e. The summed E-state index contributed by atoms with van der Waals surface area (Å²) in [4.78, 5) is 9.05. The molecule has 0 atom stereocenters. The number of aliphatic imine (C=N–C) groups is 1. The first-order valence-electron chi connectivity index (χ1n) is 10.4. The minimum atomic E-state index is -4.37. The van der Waals surface area contributed by atoms with Gasteiger partial charge in [0.2, 0.25) is 0 Å². The van der Waals surface area contributed by atoms with Gasteiger partial charge in [-0.15, -0.1) is 0 Å². The van der Waals surface area contributed by atoms with Crippen molar-refractivity contribution < 1.29 is 17.9 Å². The maximum absolute atomic E-state index is 12.5. The lowest BCUT2D eigenvalue weighted by Gasteiger charge is -2.20. The van der Waals surface area contributed by atoms with Gasteiger partial charge in [-0.3, -0.25) is 4.99 Å². The van der Waals surface area contributed by atoms with Crippen LogP contribution in [0, 0.1) is 6.92 Å². The first kappa shape index (κ1) is 24.3. The molecule has 0 amide bonds. The lowest BCUT2D eigenvalue weighted by atomic mass is 10.1. The first-order chi connectivity index (χ1) is 14.3. The number of halogens is 3. The van der Waals surface area contributed by atoms with Crippen LogP contribution < -0.4 is 15.4 Å². The fourth-order valence-corrected chi connectivity index (χ4v) is 3.33. The molecule has 1 heterocycles. The zero-order chi connectivity index (χ0) is 22.0. The highest BCUT2D eigenvalue weighted by Gasteiger charge is 2.28. The third-order valence-electron chi connectivity index (χ3n) is 5.04. The molecule has 0 saturated carbocycles. The van der Waals surface area contributed by atoms with Crippen molar-refractivity contribution in [1.29, 1.82) is 0 Å². The average molecular weight is 430 g/mol. The van der Waals surface area contributed by atoms with E-state index in [4.69, 9.17) is 4.74 Å². The van der Waals surface area contributed by atoms with Crippen LogP contribution in [-0.4, -0.2) is 81.9 Å². The second kappa shape index (κ2) is 12.0. The molecular formula is C21H34F3N5O. The van der Waals surface area contributed by atoms with E-state index in [-0.39, 0.29) is 5.75 Å². The van der Waals surface area contributed by atoms with Crippen LogP contribution in [-0.2, 0) is 6.54 Å². The van der Waals surface area contributed by atoms with Crippen molar-refractivity contribution in [1.82, 2.24) is 20.4 Å². The topological polar surface area (TPSA) is 52.1 Å². The van der Waals surface area contributed by atoms with E-state index < -0.39 is 12.8 Å². The van der Waals surface area contributed by atoms with Gasteiger partial charge in [0, 0.05) is 38.8 Å². The van der Waals surface area contributed by atoms with Gasteiger partial charge in [-0.25, -0.2) is 0 Å². The Hall–Kier alpha value is -2.00. The van der Waals surface area contributed by atoms with Gasteiger partial charge in [0.1, 0.15) is 5.75 Å². The van der Waals surface area contributed by atoms with Crippen LogP contribution in [0.15, 0.2) is 23.2 Å². The van der Waals surface area contributed by atoms with Crippen LogP contribution in [0.4, 0.5) is 13.2 Å². The van der Waals surface area contributed by atoms with E-state index in [9.17, 15) is 13.2 Å². The lowest BCUT2D eigenvalue weighted by molar-refractivity contribution is -0.153. The molecule has 30 heavy (non-hydrogen) atoms. The van der Waals surface area contributed by atoms with Crippen molar-refractivity contribution in [2.45, 2.75) is 32.5 Å². The Bertz CT molecular complexity index is 681. The zero-order valence-electron chi connectivity index (χ0n) is 18.2. The Morgan fingerprint density at radius 3 is 2.70 bits per heavy atom. The van der Waals surface area contributed by atoms with Gasteiger partial charge in [-0.2, -0.15) is 13.2 Å². The molecule has 170 valence electrons. The normalized spacial score (nSPS) is 16.9. The second-order valence-corrected chi connectivity index (χ2v) is 7.72. The van der Waals surface area contributed by atoms with Crippen molar-refractivity contribution >= 4 is 5.96 Å². The Balaban J connectivity index is 1.77. The Morgan fingerprint density at radius 1 is 1.17 bits per heavy atom. The summed E-state index contributed by atoms with van der Waals surface area (Å²) in [6.07, 6.45) is -2.17. The number of benzene rings is 1. The molecule has 2 rings (SSSR count). The molecule has 0 spiro atoms. The molecule has 6 nitrogen and oxygen atoms in total. The second-order valence-electron chi connectivity index (χ2n) is 7.72. The molecule has 0 unspecified atom stereocenters. The van der Waals surface area contributed by atoms with E-state index in [1.807, 2.05) is 13.0 Å². The maximum Gasteiger partial charge on any atom is 0.422 e. The molecule has 0 radical (unpaired) electrons. The van der Waals surface area contributed by atoms with E-state index in [0.717, 1.165) is 51.3 Å². The van der Waals surface area contributed by atoms with Crippen LogP contribution in [0.1, 0.15) is 24.0 Å². The highest BCUT2D eigenvalue weighted by molar-refractivity contribution is 5.79. The van der Waals surface area contributed by atoms with Gasteiger partial charge < -0.3 is 25.2 Å². The van der Waals surface area contributed by atoms with Crippen LogP contribution >= 0.6 is 0 Å². The predicted octanol–water partition coefficient (Wildman–Crippen LogP) is 2.63. The number of alkyl halides is 3. The summed E-state index contributed by atoms with van der Waals surface area (Å²) < 4.78 is 42.5. The molecule has 0 aliphatic carbocycles. The molecule has 1 saturated heterocycles. The van der Waals surface area contributed by atoms with E-state index >= 15 is 0 Å². The van der Waals surface area contributed by atoms with E-state index in [1.165, 1.54) is 6.42 Å². The van der Waals surface area contributed by atoms with Crippen LogP contribution in [0.5, 0.6) is 5.75 Å². The first-order valence-corrected chi connectivity index (χ1v) is 10.4. The van der Waals surface area contributed by atoms with Crippen molar-refractivity contribution in [2.75, 3.05) is 60.0 Å². The van der Waals surface area contributed by atoms with Crippen molar-refractivity contribution in [3.63, 3.8) is 0 Å². The number of rotatable bonds is 8. The number of guanidine groups is 1. The van der Waals surface area contributed by atoms with Gasteiger partial charge in [0.15, 0.2) is 12.6 Å². The monoisotopic (exact) mass is 429 g/mol. The quantitative estimate of drug-likeness (QED) is 0.378. The molecule has 1 aromatic rings. The Kier molecular flexibility index (Phi) is 9.71. The largest absolute Gasteiger partial charge is 0.484 e. The fraction of sp³-hybridized carbons (Fsp3) is 0.667. The highest BCUT2D eigenvalue weighted by atomic mass is 19.4. The summed E-state index contributed by atoms with van der Waals surface area (Å²) in [6.45, 7) is 7.13. The number of likely N-dealkylation sites (N-methyl/N-ethyl adjacent to an activating group) is 1. The molecular weight excluding hydrogens is 395 g/mol. The molecule has 1 fully saturated rings. The van der Waals surface area contributed by atoms with Crippen molar-refractivity contribution in [3.05, 3.63) is 29.3 Å². The van der Waals surface area contributed by atoms with E-state index in [0.29, 0.717) is 18.1 Å². The molecule has 1 aromatic carbocycles. The minimum absolute atomic E-state index is 0.237. The number of hydrogen-bond donors (Lipinski definition) is 2. The van der Waals surface area contributed by atoms with Crippen LogP contribution in [0.2, 0.25) is 0 Å². The van der Waals surface area contributed by atoms with Gasteiger partial charge in [0.05, 0.1) is 0 Å². The fourth-order valence-electron chi connectivity index (χ4n) is 3.33. The molecule has 9 heteroatoms.